The van der Waals surface area contributed by atoms with Crippen LogP contribution in [0, 0.1) is 17.6 Å². The molecule has 2 unspecified atom stereocenters. The lowest BCUT2D eigenvalue weighted by Crippen LogP contribution is -2.34. The number of rotatable bonds is 4. The number of nitrogens with zero attached hydrogens (tertiary/aromatic N) is 1. The van der Waals surface area contributed by atoms with Gasteiger partial charge in [-0.05, 0) is 49.8 Å². The van der Waals surface area contributed by atoms with E-state index in [1.807, 2.05) is 11.8 Å². The zero-order valence-electron chi connectivity index (χ0n) is 12.5. The number of nitrogens with two attached hydrogens (primary N) is 1. The van der Waals surface area contributed by atoms with E-state index in [1.165, 1.54) is 12.1 Å². The quantitative estimate of drug-likeness (QED) is 0.916. The highest BCUT2D eigenvalue weighted by Gasteiger charge is 2.31. The van der Waals surface area contributed by atoms with Crippen LogP contribution < -0.4 is 10.6 Å². The topological polar surface area (TPSA) is 29.3 Å². The minimum Gasteiger partial charge on any atom is -0.364 e. The second-order valence-electron chi connectivity index (χ2n) is 6.24. The zero-order valence-corrected chi connectivity index (χ0v) is 12.5. The number of halogens is 2. The average Bonchev–Trinajstić information content (AvgIpc) is 2.75. The van der Waals surface area contributed by atoms with Crippen LogP contribution in [-0.2, 0) is 6.42 Å². The van der Waals surface area contributed by atoms with Gasteiger partial charge in [-0.3, -0.25) is 0 Å². The third-order valence-corrected chi connectivity index (χ3v) is 3.99. The molecule has 2 rings (SSSR count). The van der Waals surface area contributed by atoms with Crippen molar-refractivity contribution < 1.29 is 8.78 Å². The van der Waals surface area contributed by atoms with Gasteiger partial charge in [-0.15, -0.1) is 0 Å². The van der Waals surface area contributed by atoms with E-state index in [2.05, 4.69) is 13.8 Å². The molecule has 0 bridgehead atoms. The van der Waals surface area contributed by atoms with Crippen LogP contribution in [0.3, 0.4) is 0 Å². The van der Waals surface area contributed by atoms with Crippen molar-refractivity contribution in [1.29, 1.82) is 0 Å². The molecule has 2 nitrogen and oxygen atoms in total. The van der Waals surface area contributed by atoms with Crippen molar-refractivity contribution in [2.24, 2.45) is 11.7 Å². The summed E-state index contributed by atoms with van der Waals surface area (Å²) < 4.78 is 28.7. The predicted molar refractivity (Wildman–Crippen MR) is 78.9 cm³/mol. The highest BCUT2D eigenvalue weighted by Crippen LogP contribution is 2.34. The SMILES string of the molecule is CC(N)Cc1cc(F)c(N2CCCC2C(C)C)c(F)c1. The molecule has 0 amide bonds. The zero-order chi connectivity index (χ0) is 14.9. The second-order valence-corrected chi connectivity index (χ2v) is 6.24. The summed E-state index contributed by atoms with van der Waals surface area (Å²) >= 11 is 0. The molecule has 0 radical (unpaired) electrons. The summed E-state index contributed by atoms with van der Waals surface area (Å²) in [6.45, 7) is 6.76. The molecule has 0 saturated carbocycles. The first-order valence-corrected chi connectivity index (χ1v) is 7.40. The van der Waals surface area contributed by atoms with Gasteiger partial charge < -0.3 is 10.6 Å². The van der Waals surface area contributed by atoms with Gasteiger partial charge in [-0.25, -0.2) is 8.78 Å². The molecular weight excluding hydrogens is 258 g/mol. The summed E-state index contributed by atoms with van der Waals surface area (Å²) in [5.41, 5.74) is 6.45. The predicted octanol–water partition coefficient (Wildman–Crippen LogP) is 3.48. The molecule has 0 aliphatic carbocycles. The molecule has 0 aromatic heterocycles. The Morgan fingerprint density at radius 1 is 1.25 bits per heavy atom. The average molecular weight is 282 g/mol. The van der Waals surface area contributed by atoms with Crippen molar-refractivity contribution in [3.8, 4) is 0 Å². The van der Waals surface area contributed by atoms with E-state index in [1.54, 1.807) is 0 Å². The lowest BCUT2D eigenvalue weighted by molar-refractivity contribution is 0.476. The highest BCUT2D eigenvalue weighted by molar-refractivity contribution is 5.52. The molecule has 2 atom stereocenters. The van der Waals surface area contributed by atoms with E-state index < -0.39 is 11.6 Å². The lowest BCUT2D eigenvalue weighted by atomic mass is 10.0. The van der Waals surface area contributed by atoms with E-state index in [0.717, 1.165) is 19.4 Å². The Bertz CT molecular complexity index is 449. The second kappa shape index (κ2) is 6.08. The summed E-state index contributed by atoms with van der Waals surface area (Å²) in [6, 6.07) is 2.97. The van der Waals surface area contributed by atoms with Crippen LogP contribution in [0.1, 0.15) is 39.2 Å². The molecule has 1 aliphatic rings. The molecule has 1 aromatic carbocycles. The molecule has 1 aliphatic heterocycles. The molecule has 4 heteroatoms. The van der Waals surface area contributed by atoms with Gasteiger partial charge >= 0.3 is 0 Å². The van der Waals surface area contributed by atoms with Crippen LogP contribution in [0.15, 0.2) is 12.1 Å². The van der Waals surface area contributed by atoms with E-state index >= 15 is 0 Å². The first-order chi connectivity index (χ1) is 9.40. The Hall–Kier alpha value is -1.16. The summed E-state index contributed by atoms with van der Waals surface area (Å²) in [5, 5.41) is 0. The fourth-order valence-electron chi connectivity index (χ4n) is 3.15. The fraction of sp³-hybridized carbons (Fsp3) is 0.625. The normalized spacial score (nSPS) is 20.8. The van der Waals surface area contributed by atoms with Gasteiger partial charge in [-0.2, -0.15) is 0 Å². The molecule has 0 spiro atoms. The Morgan fingerprint density at radius 2 is 1.85 bits per heavy atom. The van der Waals surface area contributed by atoms with Crippen LogP contribution in [0.2, 0.25) is 0 Å². The van der Waals surface area contributed by atoms with Crippen LogP contribution >= 0.6 is 0 Å². The van der Waals surface area contributed by atoms with Gasteiger partial charge in [0.25, 0.3) is 0 Å². The first kappa shape index (κ1) is 15.2. The van der Waals surface area contributed by atoms with Gasteiger partial charge in [0.05, 0.1) is 0 Å². The molecule has 1 heterocycles. The number of hydrogen-bond donors (Lipinski definition) is 1. The summed E-state index contributed by atoms with van der Waals surface area (Å²) in [5.74, 6) is -0.540. The van der Waals surface area contributed by atoms with Crippen LogP contribution in [0.5, 0.6) is 0 Å². The largest absolute Gasteiger partial charge is 0.364 e. The minimum absolute atomic E-state index is 0.102. The van der Waals surface area contributed by atoms with E-state index in [0.29, 0.717) is 17.9 Å². The van der Waals surface area contributed by atoms with E-state index in [4.69, 9.17) is 5.73 Å². The molecule has 1 fully saturated rings. The highest BCUT2D eigenvalue weighted by atomic mass is 19.1. The van der Waals surface area contributed by atoms with Gasteiger partial charge in [-0.1, -0.05) is 13.8 Å². The molecule has 1 saturated heterocycles. The van der Waals surface area contributed by atoms with Crippen LogP contribution in [0.25, 0.3) is 0 Å². The number of benzene rings is 1. The number of hydrogen-bond acceptors (Lipinski definition) is 2. The standard InChI is InChI=1S/C16H24F2N2/c1-10(2)15-5-4-6-20(15)16-13(17)8-12(7-11(3)19)9-14(16)18/h8-11,15H,4-7,19H2,1-3H3. The van der Waals surface area contributed by atoms with Gasteiger partial charge in [0.2, 0.25) is 0 Å². The van der Waals surface area contributed by atoms with Gasteiger partial charge in [0, 0.05) is 18.6 Å². The van der Waals surface area contributed by atoms with Crippen molar-refractivity contribution in [1.82, 2.24) is 0 Å². The third kappa shape index (κ3) is 3.11. The van der Waals surface area contributed by atoms with Gasteiger partial charge in [0.15, 0.2) is 0 Å². The lowest BCUT2D eigenvalue weighted by Gasteiger charge is -2.30. The monoisotopic (exact) mass is 282 g/mol. The first-order valence-electron chi connectivity index (χ1n) is 7.40. The van der Waals surface area contributed by atoms with Crippen molar-refractivity contribution in [3.63, 3.8) is 0 Å². The summed E-state index contributed by atoms with van der Waals surface area (Å²) in [6.07, 6.45) is 2.48. The van der Waals surface area contributed by atoms with E-state index in [9.17, 15) is 8.78 Å². The Balaban J connectivity index is 2.32. The number of anilines is 1. The maximum Gasteiger partial charge on any atom is 0.149 e. The molecule has 20 heavy (non-hydrogen) atoms. The van der Waals surface area contributed by atoms with Crippen molar-refractivity contribution in [2.45, 2.75) is 52.1 Å². The van der Waals surface area contributed by atoms with Crippen LogP contribution in [0.4, 0.5) is 14.5 Å². The maximum absolute atomic E-state index is 14.3. The van der Waals surface area contributed by atoms with Gasteiger partial charge in [0.1, 0.15) is 17.3 Å². The van der Waals surface area contributed by atoms with E-state index in [-0.39, 0.29) is 17.8 Å². The Labute approximate surface area is 120 Å². The minimum atomic E-state index is -0.465. The fourth-order valence-corrected chi connectivity index (χ4v) is 3.15. The molecule has 1 aromatic rings. The Morgan fingerprint density at radius 3 is 2.35 bits per heavy atom. The Kier molecular flexibility index (Phi) is 4.63. The summed E-state index contributed by atoms with van der Waals surface area (Å²) in [7, 11) is 0. The van der Waals surface area contributed by atoms with Crippen molar-refractivity contribution >= 4 is 5.69 Å². The molecule has 2 N–H and O–H groups in total. The van der Waals surface area contributed by atoms with Crippen molar-refractivity contribution in [3.05, 3.63) is 29.3 Å². The smallest absolute Gasteiger partial charge is 0.149 e. The summed E-state index contributed by atoms with van der Waals surface area (Å²) in [4.78, 5) is 1.89. The molecular formula is C16H24F2N2. The molecule has 112 valence electrons. The maximum atomic E-state index is 14.3. The van der Waals surface area contributed by atoms with Crippen molar-refractivity contribution in [2.75, 3.05) is 11.4 Å². The van der Waals surface area contributed by atoms with Crippen LogP contribution in [-0.4, -0.2) is 18.6 Å². The third-order valence-electron chi connectivity index (χ3n) is 3.99.